The summed E-state index contributed by atoms with van der Waals surface area (Å²) in [5, 5.41) is 12.4. The van der Waals surface area contributed by atoms with Gasteiger partial charge in [0.15, 0.2) is 5.82 Å². The van der Waals surface area contributed by atoms with E-state index in [0.717, 1.165) is 41.4 Å². The average molecular weight is 407 g/mol. The van der Waals surface area contributed by atoms with Crippen molar-refractivity contribution in [1.29, 1.82) is 0 Å². The molecular formula is C23H23ClN4O. The molecule has 2 heterocycles. The van der Waals surface area contributed by atoms with Crippen LogP contribution in [0, 0.1) is 0 Å². The van der Waals surface area contributed by atoms with Crippen molar-refractivity contribution in [3.05, 3.63) is 71.2 Å². The van der Waals surface area contributed by atoms with Crippen LogP contribution in [0.15, 0.2) is 60.7 Å². The number of anilines is 2. The first-order chi connectivity index (χ1) is 14.2. The van der Waals surface area contributed by atoms with Gasteiger partial charge < -0.3 is 10.2 Å². The van der Waals surface area contributed by atoms with Crippen molar-refractivity contribution in [2.45, 2.75) is 25.7 Å². The first-order valence-electron chi connectivity index (χ1n) is 9.91. The molecule has 5 nitrogen and oxygen atoms in total. The summed E-state index contributed by atoms with van der Waals surface area (Å²) < 4.78 is 0. The molecule has 0 radical (unpaired) electrons. The summed E-state index contributed by atoms with van der Waals surface area (Å²) in [7, 11) is 0. The van der Waals surface area contributed by atoms with E-state index in [1.165, 1.54) is 19.3 Å². The lowest BCUT2D eigenvalue weighted by Crippen LogP contribution is -2.30. The maximum Gasteiger partial charge on any atom is 0.228 e. The van der Waals surface area contributed by atoms with Gasteiger partial charge in [0.1, 0.15) is 0 Å². The zero-order chi connectivity index (χ0) is 20.1. The number of nitrogens with one attached hydrogen (secondary N) is 1. The van der Waals surface area contributed by atoms with E-state index in [0.29, 0.717) is 11.4 Å². The third kappa shape index (κ3) is 5.12. The summed E-state index contributed by atoms with van der Waals surface area (Å²) >= 11 is 5.88. The third-order valence-corrected chi connectivity index (χ3v) is 5.32. The predicted molar refractivity (Wildman–Crippen MR) is 117 cm³/mol. The zero-order valence-corrected chi connectivity index (χ0v) is 16.9. The minimum absolute atomic E-state index is 0.0641. The standard InChI is InChI=1S/C23H23ClN4O/c24-19-8-4-17(5-9-19)16-23(29)25-20-10-6-18(7-11-20)21-12-13-22(27-26-21)28-14-2-1-3-15-28/h4-13H,1-3,14-16H2,(H,25,29). The second-order valence-electron chi connectivity index (χ2n) is 7.25. The fourth-order valence-corrected chi connectivity index (χ4v) is 3.61. The van der Waals surface area contributed by atoms with Crippen LogP contribution in [-0.2, 0) is 11.2 Å². The molecule has 0 bridgehead atoms. The second-order valence-corrected chi connectivity index (χ2v) is 7.69. The number of aromatic nitrogens is 2. The molecule has 6 heteroatoms. The van der Waals surface area contributed by atoms with Crippen molar-refractivity contribution in [2.75, 3.05) is 23.3 Å². The van der Waals surface area contributed by atoms with Crippen molar-refractivity contribution in [3.63, 3.8) is 0 Å². The highest BCUT2D eigenvalue weighted by molar-refractivity contribution is 6.30. The summed E-state index contributed by atoms with van der Waals surface area (Å²) in [6.07, 6.45) is 4.04. The molecule has 0 atom stereocenters. The van der Waals surface area contributed by atoms with Crippen LogP contribution in [0.1, 0.15) is 24.8 Å². The van der Waals surface area contributed by atoms with E-state index in [2.05, 4.69) is 20.4 Å². The number of nitrogens with zero attached hydrogens (tertiary/aromatic N) is 3. The Hall–Kier alpha value is -2.92. The van der Waals surface area contributed by atoms with Crippen LogP contribution in [0.5, 0.6) is 0 Å². The molecule has 1 N–H and O–H groups in total. The highest BCUT2D eigenvalue weighted by Crippen LogP contribution is 2.22. The molecule has 3 aromatic rings. The Morgan fingerprint density at radius 1 is 0.897 bits per heavy atom. The van der Waals surface area contributed by atoms with Gasteiger partial charge in [-0.1, -0.05) is 35.9 Å². The van der Waals surface area contributed by atoms with E-state index in [1.54, 1.807) is 12.1 Å². The Labute approximate surface area is 175 Å². The van der Waals surface area contributed by atoms with E-state index in [4.69, 9.17) is 11.6 Å². The Balaban J connectivity index is 1.37. The first-order valence-corrected chi connectivity index (χ1v) is 10.3. The van der Waals surface area contributed by atoms with Crippen LogP contribution in [0.2, 0.25) is 5.02 Å². The molecule has 0 aliphatic carbocycles. The quantitative estimate of drug-likeness (QED) is 0.650. The minimum Gasteiger partial charge on any atom is -0.355 e. The normalized spacial score (nSPS) is 13.9. The predicted octanol–water partition coefficient (Wildman–Crippen LogP) is 4.97. The van der Waals surface area contributed by atoms with Crippen LogP contribution in [0.25, 0.3) is 11.3 Å². The zero-order valence-electron chi connectivity index (χ0n) is 16.1. The molecular weight excluding hydrogens is 384 g/mol. The SMILES string of the molecule is O=C(Cc1ccc(Cl)cc1)Nc1ccc(-c2ccc(N3CCCCC3)nn2)cc1. The van der Waals surface area contributed by atoms with Crippen molar-refractivity contribution in [1.82, 2.24) is 10.2 Å². The number of hydrogen-bond acceptors (Lipinski definition) is 4. The summed E-state index contributed by atoms with van der Waals surface area (Å²) in [4.78, 5) is 14.5. The van der Waals surface area contributed by atoms with Crippen molar-refractivity contribution < 1.29 is 4.79 Å². The molecule has 148 valence electrons. The molecule has 1 fully saturated rings. The van der Waals surface area contributed by atoms with Gasteiger partial charge in [-0.2, -0.15) is 0 Å². The maximum atomic E-state index is 12.2. The summed E-state index contributed by atoms with van der Waals surface area (Å²) in [6.45, 7) is 2.11. The Kier molecular flexibility index (Phi) is 6.06. The van der Waals surface area contributed by atoms with E-state index in [1.807, 2.05) is 48.5 Å². The van der Waals surface area contributed by atoms with Gasteiger partial charge in [-0.05, 0) is 61.2 Å². The molecule has 1 aliphatic rings. The van der Waals surface area contributed by atoms with Gasteiger partial charge in [0.2, 0.25) is 5.91 Å². The number of piperidine rings is 1. The molecule has 0 saturated carbocycles. The van der Waals surface area contributed by atoms with Crippen LogP contribution >= 0.6 is 11.6 Å². The van der Waals surface area contributed by atoms with Crippen molar-refractivity contribution in [3.8, 4) is 11.3 Å². The van der Waals surface area contributed by atoms with Gasteiger partial charge >= 0.3 is 0 Å². The largest absolute Gasteiger partial charge is 0.355 e. The van der Waals surface area contributed by atoms with Crippen LogP contribution < -0.4 is 10.2 Å². The molecule has 0 unspecified atom stereocenters. The molecule has 1 aromatic heterocycles. The number of rotatable bonds is 5. The minimum atomic E-state index is -0.0641. The van der Waals surface area contributed by atoms with Crippen LogP contribution in [0.4, 0.5) is 11.5 Å². The number of hydrogen-bond donors (Lipinski definition) is 1. The Morgan fingerprint density at radius 3 is 2.28 bits per heavy atom. The van der Waals surface area contributed by atoms with E-state index >= 15 is 0 Å². The number of amides is 1. The fourth-order valence-electron chi connectivity index (χ4n) is 3.49. The fraction of sp³-hybridized carbons (Fsp3) is 0.261. The molecule has 0 spiro atoms. The average Bonchev–Trinajstić information content (AvgIpc) is 2.77. The van der Waals surface area contributed by atoms with Gasteiger partial charge in [-0.25, -0.2) is 0 Å². The lowest BCUT2D eigenvalue weighted by Gasteiger charge is -2.27. The Bertz CT molecular complexity index is 950. The maximum absolute atomic E-state index is 12.2. The first kappa shape index (κ1) is 19.4. The van der Waals surface area contributed by atoms with Gasteiger partial charge in [0.05, 0.1) is 12.1 Å². The van der Waals surface area contributed by atoms with Crippen molar-refractivity contribution >= 4 is 29.0 Å². The highest BCUT2D eigenvalue weighted by Gasteiger charge is 2.13. The van der Waals surface area contributed by atoms with E-state index in [9.17, 15) is 4.79 Å². The molecule has 29 heavy (non-hydrogen) atoms. The lowest BCUT2D eigenvalue weighted by molar-refractivity contribution is -0.115. The summed E-state index contributed by atoms with van der Waals surface area (Å²) in [5.74, 6) is 0.880. The third-order valence-electron chi connectivity index (χ3n) is 5.07. The number of carbonyl (C=O) groups is 1. The highest BCUT2D eigenvalue weighted by atomic mass is 35.5. The van der Waals surface area contributed by atoms with E-state index in [-0.39, 0.29) is 5.91 Å². The molecule has 1 amide bonds. The molecule has 1 saturated heterocycles. The topological polar surface area (TPSA) is 58.1 Å². The Morgan fingerprint density at radius 2 is 1.62 bits per heavy atom. The van der Waals surface area contributed by atoms with Crippen molar-refractivity contribution in [2.24, 2.45) is 0 Å². The monoisotopic (exact) mass is 406 g/mol. The lowest BCUT2D eigenvalue weighted by atomic mass is 10.1. The smallest absolute Gasteiger partial charge is 0.228 e. The van der Waals surface area contributed by atoms with Crippen LogP contribution in [0.3, 0.4) is 0 Å². The second kappa shape index (κ2) is 9.05. The molecule has 2 aromatic carbocycles. The molecule has 4 rings (SSSR count). The summed E-state index contributed by atoms with van der Waals surface area (Å²) in [6, 6.07) is 19.0. The van der Waals surface area contributed by atoms with Gasteiger partial charge in [0.25, 0.3) is 0 Å². The van der Waals surface area contributed by atoms with E-state index < -0.39 is 0 Å². The van der Waals surface area contributed by atoms with Gasteiger partial charge in [-0.15, -0.1) is 10.2 Å². The number of carbonyl (C=O) groups excluding carboxylic acids is 1. The number of halogens is 1. The number of benzene rings is 2. The van der Waals surface area contributed by atoms with Crippen LogP contribution in [-0.4, -0.2) is 29.2 Å². The van der Waals surface area contributed by atoms with Gasteiger partial charge in [-0.3, -0.25) is 4.79 Å². The molecule has 1 aliphatic heterocycles. The summed E-state index contributed by atoms with van der Waals surface area (Å²) in [5.41, 5.74) is 3.47. The van der Waals surface area contributed by atoms with Gasteiger partial charge in [0, 0.05) is 29.4 Å².